The van der Waals surface area contributed by atoms with Gasteiger partial charge in [-0.25, -0.2) is 9.78 Å². The van der Waals surface area contributed by atoms with Crippen LogP contribution in [0.4, 0.5) is 39.3 Å². The van der Waals surface area contributed by atoms with Crippen LogP contribution in [0.3, 0.4) is 0 Å². The summed E-state index contributed by atoms with van der Waals surface area (Å²) in [6.07, 6.45) is 0. The summed E-state index contributed by atoms with van der Waals surface area (Å²) in [5, 5.41) is 12.1. The van der Waals surface area contributed by atoms with Crippen LogP contribution in [-0.4, -0.2) is 36.3 Å². The van der Waals surface area contributed by atoms with Crippen molar-refractivity contribution in [3.05, 3.63) is 78.5 Å². The van der Waals surface area contributed by atoms with Crippen molar-refractivity contribution in [2.45, 2.75) is 6.92 Å². The quantitative estimate of drug-likeness (QED) is 0.256. The molecule has 0 saturated carbocycles. The highest BCUT2D eigenvalue weighted by Gasteiger charge is 2.13. The highest BCUT2D eigenvalue weighted by molar-refractivity contribution is 6.00. The van der Waals surface area contributed by atoms with Gasteiger partial charge in [0, 0.05) is 40.6 Å². The summed E-state index contributed by atoms with van der Waals surface area (Å²) in [5.41, 5.74) is 3.71. The van der Waals surface area contributed by atoms with E-state index in [1.807, 2.05) is 49.4 Å². The Labute approximate surface area is 214 Å². The third kappa shape index (κ3) is 6.17. The molecule has 1 aliphatic heterocycles. The first-order valence-corrected chi connectivity index (χ1v) is 11.7. The lowest BCUT2D eigenvalue weighted by Crippen LogP contribution is -2.20. The van der Waals surface area contributed by atoms with Crippen molar-refractivity contribution >= 4 is 40.5 Å². The Bertz CT molecular complexity index is 1390. The second kappa shape index (κ2) is 10.7. The minimum Gasteiger partial charge on any atom is -0.497 e. The molecule has 0 atom stereocenters. The van der Waals surface area contributed by atoms with E-state index in [4.69, 9.17) is 14.2 Å². The van der Waals surface area contributed by atoms with E-state index in [-0.39, 0.29) is 6.03 Å². The van der Waals surface area contributed by atoms with E-state index in [9.17, 15) is 4.79 Å². The number of methoxy groups -OCH3 is 1. The number of amides is 2. The van der Waals surface area contributed by atoms with Crippen LogP contribution in [0.1, 0.15) is 5.69 Å². The van der Waals surface area contributed by atoms with E-state index in [0.29, 0.717) is 47.9 Å². The van der Waals surface area contributed by atoms with Gasteiger partial charge in [0.1, 0.15) is 24.8 Å². The van der Waals surface area contributed by atoms with Gasteiger partial charge in [-0.1, -0.05) is 0 Å². The van der Waals surface area contributed by atoms with Crippen molar-refractivity contribution in [1.82, 2.24) is 9.97 Å². The van der Waals surface area contributed by atoms with E-state index < -0.39 is 0 Å². The summed E-state index contributed by atoms with van der Waals surface area (Å²) in [5.74, 6) is 3.18. The molecule has 0 saturated heterocycles. The van der Waals surface area contributed by atoms with E-state index >= 15 is 0 Å². The first-order valence-electron chi connectivity index (χ1n) is 11.7. The number of ether oxygens (including phenoxy) is 3. The van der Waals surface area contributed by atoms with Crippen LogP contribution in [0.25, 0.3) is 0 Å². The number of urea groups is 1. The number of hydrogen-bond donors (Lipinski definition) is 4. The molecule has 4 aromatic rings. The minimum absolute atomic E-state index is 0.367. The predicted molar refractivity (Wildman–Crippen MR) is 143 cm³/mol. The molecular weight excluding hydrogens is 472 g/mol. The van der Waals surface area contributed by atoms with Gasteiger partial charge in [-0.3, -0.25) is 0 Å². The van der Waals surface area contributed by atoms with Gasteiger partial charge in [0.25, 0.3) is 0 Å². The Balaban J connectivity index is 1.19. The number of fused-ring (bicyclic) bond motifs is 1. The molecule has 1 aliphatic rings. The van der Waals surface area contributed by atoms with Crippen LogP contribution in [0.15, 0.2) is 72.8 Å². The van der Waals surface area contributed by atoms with Gasteiger partial charge in [0.05, 0.1) is 7.11 Å². The standard InChI is InChI=1S/C27H26N6O4/c1-17-15-25(29-18-7-10-22(35-2)11-8-18)33-26(28-17)30-19-3-5-20(6-4-19)31-27(34)32-21-9-12-23-24(16-21)37-14-13-36-23/h3-12,15-16H,13-14H2,1-2H3,(H2,31,32,34)(H2,28,29,30,33). The van der Waals surface area contributed by atoms with E-state index in [1.165, 1.54) is 0 Å². The molecule has 37 heavy (non-hydrogen) atoms. The van der Waals surface area contributed by atoms with Crippen LogP contribution in [-0.2, 0) is 0 Å². The zero-order valence-electron chi connectivity index (χ0n) is 20.4. The Kier molecular flexibility index (Phi) is 6.89. The Hall–Kier alpha value is -4.99. The number of hydrogen-bond acceptors (Lipinski definition) is 8. The second-order valence-corrected chi connectivity index (χ2v) is 8.21. The number of aromatic nitrogens is 2. The van der Waals surface area contributed by atoms with Crippen molar-refractivity contribution in [1.29, 1.82) is 0 Å². The zero-order chi connectivity index (χ0) is 25.6. The maximum Gasteiger partial charge on any atom is 0.323 e. The average molecular weight is 499 g/mol. The zero-order valence-corrected chi connectivity index (χ0v) is 20.4. The highest BCUT2D eigenvalue weighted by Crippen LogP contribution is 2.32. The van der Waals surface area contributed by atoms with Crippen LogP contribution in [0.2, 0.25) is 0 Å². The van der Waals surface area contributed by atoms with Gasteiger partial charge in [-0.2, -0.15) is 4.98 Å². The summed E-state index contributed by atoms with van der Waals surface area (Å²) < 4.78 is 16.3. The number of nitrogens with one attached hydrogen (secondary N) is 4. The molecule has 10 nitrogen and oxygen atoms in total. The van der Waals surface area contributed by atoms with Crippen molar-refractivity contribution in [2.75, 3.05) is 41.6 Å². The van der Waals surface area contributed by atoms with Crippen molar-refractivity contribution in [2.24, 2.45) is 0 Å². The predicted octanol–water partition coefficient (Wildman–Crippen LogP) is 5.70. The number of rotatable bonds is 7. The van der Waals surface area contributed by atoms with Gasteiger partial charge in [0.2, 0.25) is 5.95 Å². The fraction of sp³-hybridized carbons (Fsp3) is 0.148. The third-order valence-electron chi connectivity index (χ3n) is 5.42. The first kappa shape index (κ1) is 23.7. The molecule has 0 fully saturated rings. The lowest BCUT2D eigenvalue weighted by atomic mass is 10.2. The van der Waals surface area contributed by atoms with Gasteiger partial charge in [-0.05, 0) is 67.6 Å². The Morgan fingerprint density at radius 2 is 1.38 bits per heavy atom. The smallest absolute Gasteiger partial charge is 0.323 e. The highest BCUT2D eigenvalue weighted by atomic mass is 16.6. The van der Waals surface area contributed by atoms with Crippen LogP contribution in [0, 0.1) is 6.92 Å². The number of carbonyl (C=O) groups excluding carboxylic acids is 1. The fourth-order valence-electron chi connectivity index (χ4n) is 3.69. The van der Waals surface area contributed by atoms with E-state index in [0.717, 1.165) is 22.8 Å². The number of benzene rings is 3. The van der Waals surface area contributed by atoms with E-state index in [2.05, 4.69) is 31.2 Å². The SMILES string of the molecule is COc1ccc(Nc2cc(C)nc(Nc3ccc(NC(=O)Nc4ccc5c(c4)OCCO5)cc3)n2)cc1. The van der Waals surface area contributed by atoms with Gasteiger partial charge in [0.15, 0.2) is 11.5 Å². The van der Waals surface area contributed by atoms with Crippen molar-refractivity contribution in [3.63, 3.8) is 0 Å². The van der Waals surface area contributed by atoms with Crippen LogP contribution < -0.4 is 35.5 Å². The lowest BCUT2D eigenvalue weighted by Gasteiger charge is -2.19. The molecule has 3 aromatic carbocycles. The van der Waals surface area contributed by atoms with Crippen LogP contribution >= 0.6 is 0 Å². The number of nitrogens with zero attached hydrogens (tertiary/aromatic N) is 2. The lowest BCUT2D eigenvalue weighted by molar-refractivity contribution is 0.171. The normalized spacial score (nSPS) is 11.8. The van der Waals surface area contributed by atoms with Crippen molar-refractivity contribution in [3.8, 4) is 17.2 Å². The molecule has 10 heteroatoms. The summed E-state index contributed by atoms with van der Waals surface area (Å²) in [4.78, 5) is 21.5. The molecule has 0 unspecified atom stereocenters. The third-order valence-corrected chi connectivity index (χ3v) is 5.42. The summed E-state index contributed by atoms with van der Waals surface area (Å²) in [6, 6.07) is 21.6. The molecule has 188 valence electrons. The monoisotopic (exact) mass is 498 g/mol. The first-order chi connectivity index (χ1) is 18.0. The number of anilines is 6. The summed E-state index contributed by atoms with van der Waals surface area (Å²) in [6.45, 7) is 2.90. The molecule has 1 aromatic heterocycles. The summed E-state index contributed by atoms with van der Waals surface area (Å²) in [7, 11) is 1.63. The van der Waals surface area contributed by atoms with Gasteiger partial charge >= 0.3 is 6.03 Å². The molecule has 4 N–H and O–H groups in total. The van der Waals surface area contributed by atoms with Crippen LogP contribution in [0.5, 0.6) is 17.2 Å². The molecule has 0 radical (unpaired) electrons. The molecular formula is C27H26N6O4. The Morgan fingerprint density at radius 1 is 0.757 bits per heavy atom. The summed E-state index contributed by atoms with van der Waals surface area (Å²) >= 11 is 0. The Morgan fingerprint density at radius 3 is 2.14 bits per heavy atom. The number of aryl methyl sites for hydroxylation is 1. The topological polar surface area (TPSA) is 119 Å². The second-order valence-electron chi connectivity index (χ2n) is 8.21. The van der Waals surface area contributed by atoms with Crippen molar-refractivity contribution < 1.29 is 19.0 Å². The molecule has 2 amide bonds. The molecule has 0 aliphatic carbocycles. The van der Waals surface area contributed by atoms with Gasteiger partial charge in [-0.15, -0.1) is 0 Å². The maximum atomic E-state index is 12.4. The van der Waals surface area contributed by atoms with E-state index in [1.54, 1.807) is 37.4 Å². The maximum absolute atomic E-state index is 12.4. The van der Waals surface area contributed by atoms with Gasteiger partial charge < -0.3 is 35.5 Å². The molecule has 0 spiro atoms. The number of carbonyl (C=O) groups is 1. The minimum atomic E-state index is -0.367. The average Bonchev–Trinajstić information content (AvgIpc) is 2.90. The largest absolute Gasteiger partial charge is 0.497 e. The molecule has 0 bridgehead atoms. The fourth-order valence-corrected chi connectivity index (χ4v) is 3.69. The molecule has 5 rings (SSSR count). The molecule has 2 heterocycles.